The van der Waals surface area contributed by atoms with Crippen molar-refractivity contribution in [2.45, 2.75) is 0 Å². The standard InChI is InChI=1S/C50H30N4/c51-31-33-24-25-39(37(28-33)32-52)36-29-43(34-14-4-1-5-15-34)49(44(30-36)35-16-6-2-7-17-35)54-45-22-12-10-20-40(45)41-26-27-47-48(50(41)54)42-21-11-13-23-46(42)53(47)38-18-8-3-9-19-38/h1-30H. The second-order valence-electron chi connectivity index (χ2n) is 13.5. The van der Waals surface area contributed by atoms with Gasteiger partial charge in [-0.15, -0.1) is 0 Å². The van der Waals surface area contributed by atoms with Crippen molar-refractivity contribution >= 4 is 43.6 Å². The van der Waals surface area contributed by atoms with E-state index in [0.29, 0.717) is 11.1 Å². The van der Waals surface area contributed by atoms with Gasteiger partial charge in [0.05, 0.1) is 51.0 Å². The maximum Gasteiger partial charge on any atom is 0.0998 e. The number of hydrogen-bond acceptors (Lipinski definition) is 2. The molecule has 0 N–H and O–H groups in total. The molecule has 0 aliphatic heterocycles. The lowest BCUT2D eigenvalue weighted by Gasteiger charge is -2.22. The van der Waals surface area contributed by atoms with Gasteiger partial charge >= 0.3 is 0 Å². The van der Waals surface area contributed by atoms with Crippen LogP contribution in [-0.2, 0) is 0 Å². The van der Waals surface area contributed by atoms with Crippen LogP contribution in [0.4, 0.5) is 0 Å². The third-order valence-corrected chi connectivity index (χ3v) is 10.6. The smallest absolute Gasteiger partial charge is 0.0998 e. The van der Waals surface area contributed by atoms with Gasteiger partial charge in [-0.3, -0.25) is 0 Å². The molecule has 4 nitrogen and oxygen atoms in total. The summed E-state index contributed by atoms with van der Waals surface area (Å²) in [5.74, 6) is 0. The van der Waals surface area contributed by atoms with E-state index in [1.165, 1.54) is 21.5 Å². The Balaban J connectivity index is 1.43. The Bertz CT molecular complexity index is 3100. The van der Waals surface area contributed by atoms with Gasteiger partial charge in [-0.05, 0) is 76.9 Å². The first-order valence-corrected chi connectivity index (χ1v) is 18.0. The van der Waals surface area contributed by atoms with Gasteiger partial charge in [-0.25, -0.2) is 0 Å². The minimum absolute atomic E-state index is 0.461. The van der Waals surface area contributed by atoms with Crippen LogP contribution in [0.5, 0.6) is 0 Å². The number of benzene rings is 8. The van der Waals surface area contributed by atoms with Crippen molar-refractivity contribution in [2.75, 3.05) is 0 Å². The van der Waals surface area contributed by atoms with Gasteiger partial charge in [-0.1, -0.05) is 127 Å². The summed E-state index contributed by atoms with van der Waals surface area (Å²) < 4.78 is 4.85. The SMILES string of the molecule is N#Cc1ccc(-c2cc(-c3ccccc3)c(-n3c4ccccc4c4ccc5c(c6ccccc6n5-c5ccccc5)c43)c(-c3ccccc3)c2)c(C#N)c1. The summed E-state index contributed by atoms with van der Waals surface area (Å²) in [4.78, 5) is 0. The Morgan fingerprint density at radius 1 is 0.389 bits per heavy atom. The summed E-state index contributed by atoms with van der Waals surface area (Å²) in [5.41, 5.74) is 13.5. The van der Waals surface area contributed by atoms with Gasteiger partial charge in [0.2, 0.25) is 0 Å². The first-order chi connectivity index (χ1) is 26.7. The molecule has 0 atom stereocenters. The molecule has 0 aliphatic rings. The fraction of sp³-hybridized carbons (Fsp3) is 0. The average Bonchev–Trinajstić information content (AvgIpc) is 3.76. The van der Waals surface area contributed by atoms with Crippen molar-refractivity contribution < 1.29 is 0 Å². The third-order valence-electron chi connectivity index (χ3n) is 10.6. The Morgan fingerprint density at radius 2 is 0.963 bits per heavy atom. The van der Waals surface area contributed by atoms with Gasteiger partial charge in [-0.2, -0.15) is 10.5 Å². The fourth-order valence-corrected chi connectivity index (χ4v) is 8.26. The molecule has 2 heterocycles. The van der Waals surface area contributed by atoms with E-state index in [-0.39, 0.29) is 0 Å². The van der Waals surface area contributed by atoms with Crippen LogP contribution < -0.4 is 0 Å². The highest BCUT2D eigenvalue weighted by Gasteiger charge is 2.25. The number of nitrogens with zero attached hydrogens (tertiary/aromatic N) is 4. The number of aromatic nitrogens is 2. The van der Waals surface area contributed by atoms with Crippen LogP contribution >= 0.6 is 0 Å². The van der Waals surface area contributed by atoms with E-state index in [0.717, 1.165) is 66.8 Å². The first kappa shape index (κ1) is 31.1. The zero-order valence-corrected chi connectivity index (χ0v) is 29.1. The van der Waals surface area contributed by atoms with Crippen molar-refractivity contribution in [3.63, 3.8) is 0 Å². The van der Waals surface area contributed by atoms with Crippen molar-refractivity contribution in [3.05, 3.63) is 193 Å². The summed E-state index contributed by atoms with van der Waals surface area (Å²) in [7, 11) is 0. The van der Waals surface area contributed by atoms with E-state index in [9.17, 15) is 10.5 Å². The fourth-order valence-electron chi connectivity index (χ4n) is 8.26. The van der Waals surface area contributed by atoms with Gasteiger partial charge in [0.15, 0.2) is 0 Å². The Morgan fingerprint density at radius 3 is 1.59 bits per heavy atom. The molecule has 0 amide bonds. The van der Waals surface area contributed by atoms with Crippen molar-refractivity contribution in [3.8, 4) is 56.9 Å². The van der Waals surface area contributed by atoms with Crippen molar-refractivity contribution in [1.29, 1.82) is 10.5 Å². The molecule has 54 heavy (non-hydrogen) atoms. The van der Waals surface area contributed by atoms with Crippen LogP contribution in [0.2, 0.25) is 0 Å². The van der Waals surface area contributed by atoms with Gasteiger partial charge in [0.25, 0.3) is 0 Å². The van der Waals surface area contributed by atoms with Crippen LogP contribution in [0, 0.1) is 22.7 Å². The highest BCUT2D eigenvalue weighted by Crippen LogP contribution is 2.47. The highest BCUT2D eigenvalue weighted by molar-refractivity contribution is 6.26. The number of para-hydroxylation sites is 3. The van der Waals surface area contributed by atoms with Crippen LogP contribution in [0.15, 0.2) is 182 Å². The quantitative estimate of drug-likeness (QED) is 0.181. The Hall–Kier alpha value is -7.66. The predicted molar refractivity (Wildman–Crippen MR) is 221 cm³/mol. The van der Waals surface area contributed by atoms with Crippen molar-refractivity contribution in [1.82, 2.24) is 9.13 Å². The summed E-state index contributed by atoms with van der Waals surface area (Å²) in [6.45, 7) is 0. The molecule has 10 aromatic rings. The van der Waals surface area contributed by atoms with Crippen LogP contribution in [0.1, 0.15) is 11.1 Å². The van der Waals surface area contributed by atoms with Crippen LogP contribution in [0.3, 0.4) is 0 Å². The lowest BCUT2D eigenvalue weighted by atomic mass is 9.89. The second-order valence-corrected chi connectivity index (χ2v) is 13.5. The molecule has 10 rings (SSSR count). The highest BCUT2D eigenvalue weighted by atomic mass is 15.0. The molecule has 2 aromatic heterocycles. The first-order valence-electron chi connectivity index (χ1n) is 18.0. The Kier molecular flexibility index (Phi) is 7.22. The van der Waals surface area contributed by atoms with E-state index in [1.54, 1.807) is 12.1 Å². The topological polar surface area (TPSA) is 57.4 Å². The molecule has 0 aliphatic carbocycles. The largest absolute Gasteiger partial charge is 0.309 e. The third kappa shape index (κ3) is 4.76. The molecule has 0 spiro atoms. The Labute approximate surface area is 312 Å². The second kappa shape index (κ2) is 12.5. The van der Waals surface area contributed by atoms with E-state index in [2.05, 4.69) is 173 Å². The molecule has 0 radical (unpaired) electrons. The molecule has 0 saturated heterocycles. The minimum atomic E-state index is 0.461. The van der Waals surface area contributed by atoms with Crippen LogP contribution in [0.25, 0.3) is 88.4 Å². The molecular weight excluding hydrogens is 657 g/mol. The van der Waals surface area contributed by atoms with E-state index >= 15 is 0 Å². The molecule has 8 aromatic carbocycles. The van der Waals surface area contributed by atoms with E-state index in [4.69, 9.17) is 0 Å². The average molecular weight is 687 g/mol. The maximum absolute atomic E-state index is 10.3. The number of nitriles is 2. The minimum Gasteiger partial charge on any atom is -0.309 e. The molecule has 0 bridgehead atoms. The number of hydrogen-bond donors (Lipinski definition) is 0. The number of rotatable bonds is 5. The summed E-state index contributed by atoms with van der Waals surface area (Å²) in [6, 6.07) is 68.0. The number of fused-ring (bicyclic) bond motifs is 7. The van der Waals surface area contributed by atoms with E-state index in [1.807, 2.05) is 18.2 Å². The normalized spacial score (nSPS) is 11.3. The lowest BCUT2D eigenvalue weighted by Crippen LogP contribution is -2.02. The van der Waals surface area contributed by atoms with Crippen molar-refractivity contribution in [2.24, 2.45) is 0 Å². The molecule has 250 valence electrons. The monoisotopic (exact) mass is 686 g/mol. The zero-order chi connectivity index (χ0) is 36.2. The molecule has 0 fully saturated rings. The molecule has 0 unspecified atom stereocenters. The summed E-state index contributed by atoms with van der Waals surface area (Å²) >= 11 is 0. The molecule has 4 heteroatoms. The predicted octanol–water partition coefficient (Wildman–Crippen LogP) is 12.6. The van der Waals surface area contributed by atoms with Gasteiger partial charge in [0, 0.05) is 38.4 Å². The molecule has 0 saturated carbocycles. The summed E-state index contributed by atoms with van der Waals surface area (Å²) in [5, 5.41) is 24.7. The van der Waals surface area contributed by atoms with E-state index < -0.39 is 0 Å². The zero-order valence-electron chi connectivity index (χ0n) is 29.1. The van der Waals surface area contributed by atoms with Gasteiger partial charge in [0.1, 0.15) is 0 Å². The van der Waals surface area contributed by atoms with Gasteiger partial charge < -0.3 is 9.13 Å². The molecular formula is C50H30N4. The lowest BCUT2D eigenvalue weighted by molar-refractivity contribution is 1.17. The summed E-state index contributed by atoms with van der Waals surface area (Å²) in [6.07, 6.45) is 0. The maximum atomic E-state index is 10.3. The van der Waals surface area contributed by atoms with Crippen LogP contribution in [-0.4, -0.2) is 9.13 Å².